The number of methoxy groups -OCH3 is 1. The summed E-state index contributed by atoms with van der Waals surface area (Å²) in [4.78, 5) is 33.8. The van der Waals surface area contributed by atoms with Gasteiger partial charge in [0.05, 0.1) is 18.5 Å². The Hall–Kier alpha value is -3.94. The monoisotopic (exact) mass is 383 g/mol. The van der Waals surface area contributed by atoms with E-state index in [-0.39, 0.29) is 17.9 Å². The third kappa shape index (κ3) is 5.53. The van der Waals surface area contributed by atoms with E-state index in [1.807, 2.05) is 0 Å². The van der Waals surface area contributed by atoms with Crippen molar-refractivity contribution >= 4 is 29.4 Å². The minimum Gasteiger partial charge on any atom is -0.504 e. The molecular weight excluding hydrogens is 366 g/mol. The maximum Gasteiger partial charge on any atom is 0.311 e. The van der Waals surface area contributed by atoms with Crippen molar-refractivity contribution in [3.05, 3.63) is 69.8 Å². The van der Waals surface area contributed by atoms with Gasteiger partial charge in [0.15, 0.2) is 28.8 Å². The van der Waals surface area contributed by atoms with Crippen LogP contribution >= 0.6 is 0 Å². The first kappa shape index (κ1) is 20.4. The number of carbonyl (C=O) groups excluding carboxylic acids is 2. The van der Waals surface area contributed by atoms with Crippen LogP contribution < -0.4 is 4.74 Å². The van der Waals surface area contributed by atoms with Crippen molar-refractivity contribution in [2.45, 2.75) is 6.42 Å². The van der Waals surface area contributed by atoms with Crippen LogP contribution in [0.15, 0.2) is 48.6 Å². The molecule has 0 atom stereocenters. The molecule has 0 radical (unpaired) electrons. The van der Waals surface area contributed by atoms with Gasteiger partial charge in [-0.15, -0.1) is 0 Å². The normalized spacial score (nSPS) is 11.0. The zero-order valence-electron chi connectivity index (χ0n) is 14.9. The highest BCUT2D eigenvalue weighted by atomic mass is 16.6. The highest BCUT2D eigenvalue weighted by Gasteiger charge is 2.12. The van der Waals surface area contributed by atoms with Gasteiger partial charge < -0.3 is 14.9 Å². The lowest BCUT2D eigenvalue weighted by Crippen LogP contribution is -2.01. The average Bonchev–Trinajstić information content (AvgIpc) is 2.66. The lowest BCUT2D eigenvalue weighted by atomic mass is 10.1. The van der Waals surface area contributed by atoms with Crippen LogP contribution in [-0.4, -0.2) is 33.8 Å². The maximum atomic E-state index is 11.9. The van der Waals surface area contributed by atoms with E-state index in [1.54, 1.807) is 12.1 Å². The number of allylic oxidation sites excluding steroid dienone is 2. The number of rotatable bonds is 8. The molecule has 0 amide bonds. The lowest BCUT2D eigenvalue weighted by Gasteiger charge is -2.03. The topological polar surface area (TPSA) is 127 Å². The second kappa shape index (κ2) is 9.13. The Balaban J connectivity index is 1.99. The number of nitrogens with zero attached hydrogens (tertiary/aromatic N) is 1. The van der Waals surface area contributed by atoms with Crippen LogP contribution in [0.25, 0.3) is 12.2 Å². The number of ether oxygens (including phenoxy) is 1. The van der Waals surface area contributed by atoms with E-state index in [0.29, 0.717) is 11.1 Å². The van der Waals surface area contributed by atoms with E-state index in [2.05, 4.69) is 0 Å². The van der Waals surface area contributed by atoms with Crippen molar-refractivity contribution < 1.29 is 29.5 Å². The van der Waals surface area contributed by atoms with E-state index in [1.165, 1.54) is 37.5 Å². The number of nitro groups is 1. The van der Waals surface area contributed by atoms with Crippen molar-refractivity contribution in [1.82, 2.24) is 0 Å². The fraction of sp³-hybridized carbons (Fsp3) is 0.100. The molecule has 0 aliphatic rings. The van der Waals surface area contributed by atoms with Gasteiger partial charge >= 0.3 is 5.69 Å². The molecule has 0 aliphatic carbocycles. The molecule has 8 nitrogen and oxygen atoms in total. The lowest BCUT2D eigenvalue weighted by molar-refractivity contribution is -0.385. The number of phenolic OH excluding ortho intramolecular Hbond substituents is 2. The van der Waals surface area contributed by atoms with Crippen molar-refractivity contribution in [3.8, 4) is 17.2 Å². The van der Waals surface area contributed by atoms with Crippen LogP contribution in [0.4, 0.5) is 5.69 Å². The van der Waals surface area contributed by atoms with Crippen molar-refractivity contribution in [2.75, 3.05) is 7.11 Å². The summed E-state index contributed by atoms with van der Waals surface area (Å²) in [7, 11) is 1.40. The molecule has 8 heteroatoms. The number of hydrogen-bond donors (Lipinski definition) is 2. The summed E-state index contributed by atoms with van der Waals surface area (Å²) in [6.45, 7) is 0. The van der Waals surface area contributed by atoms with Gasteiger partial charge in [0, 0.05) is 6.07 Å². The largest absolute Gasteiger partial charge is 0.504 e. The molecule has 28 heavy (non-hydrogen) atoms. The van der Waals surface area contributed by atoms with Gasteiger partial charge in [-0.2, -0.15) is 0 Å². The van der Waals surface area contributed by atoms with E-state index < -0.39 is 27.9 Å². The first-order valence-corrected chi connectivity index (χ1v) is 8.06. The van der Waals surface area contributed by atoms with E-state index in [0.717, 1.165) is 18.2 Å². The zero-order valence-corrected chi connectivity index (χ0v) is 14.9. The first-order valence-electron chi connectivity index (χ1n) is 8.06. The summed E-state index contributed by atoms with van der Waals surface area (Å²) in [5.74, 6) is -1.15. The van der Waals surface area contributed by atoms with Crippen LogP contribution in [0.1, 0.15) is 17.5 Å². The smallest absolute Gasteiger partial charge is 0.311 e. The molecule has 144 valence electrons. The van der Waals surface area contributed by atoms with Gasteiger partial charge in [0.25, 0.3) is 0 Å². The molecule has 0 saturated carbocycles. The highest BCUT2D eigenvalue weighted by molar-refractivity contribution is 6.10. The molecule has 0 bridgehead atoms. The molecule has 0 unspecified atom stereocenters. The van der Waals surface area contributed by atoms with Gasteiger partial charge in [-0.1, -0.05) is 24.3 Å². The summed E-state index contributed by atoms with van der Waals surface area (Å²) in [5.41, 5.74) is 0.484. The maximum absolute atomic E-state index is 11.9. The Morgan fingerprint density at radius 2 is 1.54 bits per heavy atom. The molecule has 2 N–H and O–H groups in total. The standard InChI is InChI=1S/C20H17NO7/c1-28-20-11-14(5-9-19(20)25)3-7-16(23)12-15(22)6-2-13-4-8-18(24)17(10-13)21(26)27/h2-11,24-25H,12H2,1H3/b6-2+,7-3+. The van der Waals surface area contributed by atoms with Gasteiger partial charge in [-0.3, -0.25) is 19.7 Å². The predicted molar refractivity (Wildman–Crippen MR) is 102 cm³/mol. The van der Waals surface area contributed by atoms with Crippen LogP contribution in [0.5, 0.6) is 17.2 Å². The number of phenols is 2. The fourth-order valence-corrected chi connectivity index (χ4v) is 2.26. The predicted octanol–water partition coefficient (Wildman–Crippen LogP) is 3.27. The number of carbonyl (C=O) groups is 2. The zero-order chi connectivity index (χ0) is 20.7. The van der Waals surface area contributed by atoms with E-state index in [4.69, 9.17) is 4.74 Å². The second-order valence-corrected chi connectivity index (χ2v) is 5.71. The quantitative estimate of drug-likeness (QED) is 0.310. The van der Waals surface area contributed by atoms with Gasteiger partial charge in [0.1, 0.15) is 0 Å². The third-order valence-electron chi connectivity index (χ3n) is 3.67. The first-order chi connectivity index (χ1) is 13.3. The SMILES string of the molecule is COc1cc(/C=C/C(=O)CC(=O)/C=C/c2ccc(O)c([N+](=O)[O-])c2)ccc1O. The van der Waals surface area contributed by atoms with Crippen LogP contribution in [0.2, 0.25) is 0 Å². The number of nitro benzene ring substituents is 1. The molecule has 0 fully saturated rings. The van der Waals surface area contributed by atoms with Crippen molar-refractivity contribution in [1.29, 1.82) is 0 Å². The number of hydrogen-bond acceptors (Lipinski definition) is 7. The Morgan fingerprint density at radius 1 is 1.00 bits per heavy atom. The average molecular weight is 383 g/mol. The van der Waals surface area contributed by atoms with Crippen LogP contribution in [0, 0.1) is 10.1 Å². The van der Waals surface area contributed by atoms with Gasteiger partial charge in [-0.25, -0.2) is 0 Å². The summed E-state index contributed by atoms with van der Waals surface area (Å²) in [6, 6.07) is 8.24. The third-order valence-corrected chi connectivity index (χ3v) is 3.67. The van der Waals surface area contributed by atoms with Gasteiger partial charge in [-0.05, 0) is 41.5 Å². The summed E-state index contributed by atoms with van der Waals surface area (Å²) in [5, 5.41) is 29.7. The molecule has 2 aromatic rings. The van der Waals surface area contributed by atoms with E-state index >= 15 is 0 Å². The summed E-state index contributed by atoms with van der Waals surface area (Å²) in [6.07, 6.45) is 4.83. The molecular formula is C20H17NO7. The molecule has 0 aromatic heterocycles. The fourth-order valence-electron chi connectivity index (χ4n) is 2.26. The van der Waals surface area contributed by atoms with Crippen LogP contribution in [-0.2, 0) is 9.59 Å². The molecule has 0 aliphatic heterocycles. The van der Waals surface area contributed by atoms with Crippen LogP contribution in [0.3, 0.4) is 0 Å². The van der Waals surface area contributed by atoms with Crippen molar-refractivity contribution in [2.24, 2.45) is 0 Å². The molecule has 2 rings (SSSR count). The van der Waals surface area contributed by atoms with Gasteiger partial charge in [0.2, 0.25) is 0 Å². The number of benzene rings is 2. The minimum absolute atomic E-state index is 0.0271. The number of aromatic hydroxyl groups is 2. The Bertz CT molecular complexity index is 977. The minimum atomic E-state index is -0.735. The van der Waals surface area contributed by atoms with E-state index in [9.17, 15) is 29.9 Å². The number of ketones is 2. The molecule has 0 heterocycles. The summed E-state index contributed by atoms with van der Waals surface area (Å²) < 4.78 is 4.97. The molecule has 0 spiro atoms. The molecule has 2 aromatic carbocycles. The Kier molecular flexibility index (Phi) is 6.64. The Labute approximate surface area is 160 Å². The Morgan fingerprint density at radius 3 is 2.07 bits per heavy atom. The molecule has 0 saturated heterocycles. The highest BCUT2D eigenvalue weighted by Crippen LogP contribution is 2.27. The summed E-state index contributed by atoms with van der Waals surface area (Å²) >= 11 is 0. The van der Waals surface area contributed by atoms with Crippen molar-refractivity contribution in [3.63, 3.8) is 0 Å². The second-order valence-electron chi connectivity index (χ2n) is 5.71.